The van der Waals surface area contributed by atoms with Gasteiger partial charge < -0.3 is 4.89 Å². The molecule has 0 aromatic rings. The van der Waals surface area contributed by atoms with Crippen molar-refractivity contribution < 1.29 is 9.69 Å². The maximum atomic E-state index is 4.64. The quantitative estimate of drug-likeness (QED) is 0.350. The first kappa shape index (κ1) is 6.17. The van der Waals surface area contributed by atoms with Crippen LogP contribution in [0.25, 0.3) is 0 Å². The second-order valence-corrected chi connectivity index (χ2v) is 1.52. The van der Waals surface area contributed by atoms with Gasteiger partial charge in [-0.3, -0.25) is 4.81 Å². The van der Waals surface area contributed by atoms with Crippen LogP contribution < -0.4 is 0 Å². The van der Waals surface area contributed by atoms with E-state index in [0.717, 1.165) is 0 Å². The van der Waals surface area contributed by atoms with E-state index < -0.39 is 0 Å². The van der Waals surface area contributed by atoms with Crippen LogP contribution in [-0.4, -0.2) is 7.48 Å². The van der Waals surface area contributed by atoms with Crippen molar-refractivity contribution in [1.82, 2.24) is 0 Å². The van der Waals surface area contributed by atoms with Crippen molar-refractivity contribution in [2.45, 2.75) is 0 Å². The summed E-state index contributed by atoms with van der Waals surface area (Å²) in [4.78, 5) is 9.21. The highest BCUT2D eigenvalue weighted by Crippen LogP contribution is 1.86. The third-order valence-corrected chi connectivity index (χ3v) is 0.836. The monoisotopic (exact) mass is 122 g/mol. The summed E-state index contributed by atoms with van der Waals surface area (Å²) in [6, 6.07) is 0. The Kier molecular flexibility index (Phi) is 2.73. The van der Waals surface area contributed by atoms with Crippen LogP contribution in [0.15, 0.2) is 36.5 Å². The Morgan fingerprint density at radius 1 is 1.00 bits per heavy atom. The first-order valence-electron chi connectivity index (χ1n) is 2.77. The summed E-state index contributed by atoms with van der Waals surface area (Å²) in [5, 5.41) is 0. The molecule has 1 heterocycles. The third kappa shape index (κ3) is 2.77. The molecule has 0 aromatic heterocycles. The van der Waals surface area contributed by atoms with Crippen molar-refractivity contribution in [1.29, 1.82) is 0 Å². The fourth-order valence-electron chi connectivity index (χ4n) is 0.458. The molecular weight excluding hydrogens is 115 g/mol. The Morgan fingerprint density at radius 2 is 1.89 bits per heavy atom. The molecule has 0 atom stereocenters. The summed E-state index contributed by atoms with van der Waals surface area (Å²) in [6.45, 7) is 0. The van der Waals surface area contributed by atoms with Crippen LogP contribution >= 0.6 is 0 Å². The van der Waals surface area contributed by atoms with Gasteiger partial charge in [0.15, 0.2) is 0 Å². The average Bonchev–Trinajstić information content (AvgIpc) is 2.00. The SMILES string of the molecule is B1C=CC=CC=COO1. The van der Waals surface area contributed by atoms with Crippen LogP contribution in [-0.2, 0) is 9.69 Å². The Bertz CT molecular complexity index is 133. The molecule has 3 heteroatoms. The molecule has 9 heavy (non-hydrogen) atoms. The number of hydrogen-bond acceptors (Lipinski definition) is 2. The molecule has 0 spiro atoms. The zero-order valence-electron chi connectivity index (χ0n) is 4.99. The average molecular weight is 122 g/mol. The molecular formula is C6H7BO2. The second kappa shape index (κ2) is 3.98. The van der Waals surface area contributed by atoms with Crippen molar-refractivity contribution in [3.63, 3.8) is 0 Å². The van der Waals surface area contributed by atoms with Crippen molar-refractivity contribution in [3.05, 3.63) is 36.5 Å². The van der Waals surface area contributed by atoms with Crippen molar-refractivity contribution in [2.24, 2.45) is 0 Å². The summed E-state index contributed by atoms with van der Waals surface area (Å²) >= 11 is 0. The molecule has 2 nitrogen and oxygen atoms in total. The minimum Gasteiger partial charge on any atom is -0.362 e. The van der Waals surface area contributed by atoms with E-state index in [1.165, 1.54) is 6.26 Å². The van der Waals surface area contributed by atoms with E-state index >= 15 is 0 Å². The molecule has 1 aliphatic rings. The molecule has 0 saturated carbocycles. The number of allylic oxidation sites excluding steroid dienone is 4. The molecule has 1 aliphatic heterocycles. The summed E-state index contributed by atoms with van der Waals surface area (Å²) < 4.78 is 0. The number of hydrogen-bond donors (Lipinski definition) is 0. The van der Waals surface area contributed by atoms with Gasteiger partial charge in [-0.15, -0.1) is 0 Å². The lowest BCUT2D eigenvalue weighted by Gasteiger charge is -1.92. The Hall–Kier alpha value is -0.955. The second-order valence-electron chi connectivity index (χ2n) is 1.52. The zero-order chi connectivity index (χ0) is 6.36. The molecule has 0 radical (unpaired) electrons. The lowest BCUT2D eigenvalue weighted by atomic mass is 10.0. The molecule has 0 bridgehead atoms. The Morgan fingerprint density at radius 3 is 2.89 bits per heavy atom. The van der Waals surface area contributed by atoms with Crippen LogP contribution in [0.1, 0.15) is 0 Å². The molecule has 0 aliphatic carbocycles. The van der Waals surface area contributed by atoms with Crippen molar-refractivity contribution in [3.8, 4) is 0 Å². The lowest BCUT2D eigenvalue weighted by molar-refractivity contribution is -0.147. The van der Waals surface area contributed by atoms with E-state index in [1.807, 2.05) is 24.2 Å². The predicted molar refractivity (Wildman–Crippen MR) is 36.7 cm³/mol. The van der Waals surface area contributed by atoms with Gasteiger partial charge in [-0.05, 0) is 6.08 Å². The van der Waals surface area contributed by atoms with Crippen LogP contribution in [0, 0.1) is 0 Å². The standard InChI is InChI=1S/C6H7BO2/c1-2-4-6-8-9-7-5-3-1/h1-7H. The molecule has 0 N–H and O–H groups in total. The number of rotatable bonds is 0. The summed E-state index contributed by atoms with van der Waals surface area (Å²) in [5.41, 5.74) is 0. The molecule has 0 saturated heterocycles. The fourth-order valence-corrected chi connectivity index (χ4v) is 0.458. The van der Waals surface area contributed by atoms with E-state index in [0.29, 0.717) is 7.48 Å². The third-order valence-electron chi connectivity index (χ3n) is 0.836. The first-order chi connectivity index (χ1) is 4.50. The van der Waals surface area contributed by atoms with Crippen molar-refractivity contribution in [2.75, 3.05) is 0 Å². The smallest absolute Gasteiger partial charge is 0.362 e. The van der Waals surface area contributed by atoms with Crippen molar-refractivity contribution >= 4 is 7.48 Å². The van der Waals surface area contributed by atoms with Gasteiger partial charge in [-0.2, -0.15) is 0 Å². The lowest BCUT2D eigenvalue weighted by Crippen LogP contribution is -1.90. The van der Waals surface area contributed by atoms with E-state index in [2.05, 4.69) is 9.69 Å². The van der Waals surface area contributed by atoms with Gasteiger partial charge in [-0.25, -0.2) is 0 Å². The highest BCUT2D eigenvalue weighted by Gasteiger charge is 1.82. The van der Waals surface area contributed by atoms with Gasteiger partial charge in [0, 0.05) is 0 Å². The topological polar surface area (TPSA) is 18.5 Å². The van der Waals surface area contributed by atoms with Gasteiger partial charge in [0.05, 0.1) is 0 Å². The van der Waals surface area contributed by atoms with Crippen LogP contribution in [0.2, 0.25) is 0 Å². The maximum Gasteiger partial charge on any atom is 0.364 e. The van der Waals surface area contributed by atoms with E-state index in [-0.39, 0.29) is 0 Å². The zero-order valence-corrected chi connectivity index (χ0v) is 4.99. The molecule has 0 fully saturated rings. The van der Waals surface area contributed by atoms with Crippen LogP contribution in [0.3, 0.4) is 0 Å². The molecule has 1 rings (SSSR count). The van der Waals surface area contributed by atoms with E-state index in [9.17, 15) is 0 Å². The molecule has 0 amide bonds. The summed E-state index contributed by atoms with van der Waals surface area (Å²) in [7, 11) is 0.495. The predicted octanol–water partition coefficient (Wildman–Crippen LogP) is 0.883. The van der Waals surface area contributed by atoms with Gasteiger partial charge in [-0.1, -0.05) is 24.2 Å². The van der Waals surface area contributed by atoms with Crippen LogP contribution in [0.4, 0.5) is 0 Å². The van der Waals surface area contributed by atoms with E-state index in [1.54, 1.807) is 6.08 Å². The Labute approximate surface area is 54.7 Å². The maximum absolute atomic E-state index is 4.64. The highest BCUT2D eigenvalue weighted by atomic mass is 17.2. The summed E-state index contributed by atoms with van der Waals surface area (Å²) in [6.07, 6.45) is 8.93. The molecule has 0 unspecified atom stereocenters. The molecule has 46 valence electrons. The molecule has 0 aromatic carbocycles. The minimum absolute atomic E-state index is 0.495. The first-order valence-corrected chi connectivity index (χ1v) is 2.77. The minimum atomic E-state index is 0.495. The van der Waals surface area contributed by atoms with Gasteiger partial charge in [0.2, 0.25) is 0 Å². The van der Waals surface area contributed by atoms with E-state index in [4.69, 9.17) is 0 Å². The van der Waals surface area contributed by atoms with Gasteiger partial charge in [0.1, 0.15) is 6.26 Å². The van der Waals surface area contributed by atoms with Gasteiger partial charge >= 0.3 is 7.48 Å². The van der Waals surface area contributed by atoms with Crippen LogP contribution in [0.5, 0.6) is 0 Å². The largest absolute Gasteiger partial charge is 0.364 e. The summed E-state index contributed by atoms with van der Waals surface area (Å²) in [5.74, 6) is 1.86. The van der Waals surface area contributed by atoms with Gasteiger partial charge in [0.25, 0.3) is 0 Å². The fraction of sp³-hybridized carbons (Fsp3) is 0. The normalized spacial score (nSPS) is 16.9. The highest BCUT2D eigenvalue weighted by molar-refractivity contribution is 6.34. The Balaban J connectivity index is 2.45.